The molecule has 3 N–H and O–H groups in total. The number of likely N-dealkylation sites (tertiary alicyclic amines) is 1. The van der Waals surface area contributed by atoms with Crippen molar-refractivity contribution in [3.8, 4) is 24.0 Å². The molecule has 0 bridgehead atoms. The number of carbonyl (C=O) groups excluding carboxylic acids is 1. The number of rotatable bonds is 5. The lowest BCUT2D eigenvalue weighted by Crippen LogP contribution is -2.40. The number of nitrogens with one attached hydrogen (secondary N) is 3. The van der Waals surface area contributed by atoms with Crippen LogP contribution in [0.3, 0.4) is 0 Å². The van der Waals surface area contributed by atoms with Crippen LogP contribution in [0.5, 0.6) is 0 Å². The molecule has 1 saturated heterocycles. The molecule has 1 aliphatic rings. The Labute approximate surface area is 194 Å². The van der Waals surface area contributed by atoms with E-state index in [0.29, 0.717) is 5.92 Å². The largest absolute Gasteiger partial charge is 0.391 e. The summed E-state index contributed by atoms with van der Waals surface area (Å²) in [6.07, 6.45) is 18.2. The Kier molecular flexibility index (Phi) is 6.85. The first-order chi connectivity index (χ1) is 16.2. The highest BCUT2D eigenvalue weighted by Crippen LogP contribution is 2.34. The van der Waals surface area contributed by atoms with Gasteiger partial charge in [-0.25, -0.2) is 0 Å². The lowest BCUT2D eigenvalue weighted by molar-refractivity contribution is 0.0691. The van der Waals surface area contributed by atoms with Gasteiger partial charge in [0.05, 0.1) is 0 Å². The third kappa shape index (κ3) is 4.51. The molecule has 0 atom stereocenters. The van der Waals surface area contributed by atoms with Crippen molar-refractivity contribution in [2.45, 2.75) is 19.8 Å². The van der Waals surface area contributed by atoms with Crippen LogP contribution in [0.1, 0.15) is 30.1 Å². The Bertz CT molecular complexity index is 1280. The molecule has 0 saturated carbocycles. The zero-order chi connectivity index (χ0) is 23.2. The summed E-state index contributed by atoms with van der Waals surface area (Å²) in [6.45, 7) is 4.64. The van der Waals surface area contributed by atoms with E-state index in [0.717, 1.165) is 60.0 Å². The van der Waals surface area contributed by atoms with E-state index in [4.69, 9.17) is 0 Å². The number of nitrogens with zero attached hydrogens (tertiary/aromatic N) is 1. The summed E-state index contributed by atoms with van der Waals surface area (Å²) in [5, 5.41) is 5.67. The van der Waals surface area contributed by atoms with E-state index < -0.39 is 0 Å². The third-order valence-electron chi connectivity index (χ3n) is 6.40. The molecule has 0 radical (unpaired) electrons. The van der Waals surface area contributed by atoms with E-state index in [1.807, 2.05) is 48.5 Å². The van der Waals surface area contributed by atoms with Gasteiger partial charge in [-0.2, -0.15) is 0 Å². The average Bonchev–Trinajstić information content (AvgIpc) is 3.49. The minimum absolute atomic E-state index is 0.130. The Morgan fingerprint density at radius 1 is 1.03 bits per heavy atom. The van der Waals surface area contributed by atoms with Gasteiger partial charge in [0.25, 0.3) is 5.91 Å². The lowest BCUT2D eigenvalue weighted by Gasteiger charge is -2.32. The van der Waals surface area contributed by atoms with Gasteiger partial charge >= 0.3 is 0 Å². The van der Waals surface area contributed by atoms with E-state index in [2.05, 4.69) is 58.6 Å². The summed E-state index contributed by atoms with van der Waals surface area (Å²) in [5.74, 6) is 0.759. The van der Waals surface area contributed by atoms with Crippen LogP contribution in [0.2, 0.25) is 0 Å². The van der Waals surface area contributed by atoms with Gasteiger partial charge in [-0.1, -0.05) is 30.3 Å². The summed E-state index contributed by atoms with van der Waals surface area (Å²) in [5.41, 5.74) is 5.21. The first-order valence-electron chi connectivity index (χ1n) is 11.4. The second-order valence-electron chi connectivity index (χ2n) is 8.35. The van der Waals surface area contributed by atoms with Gasteiger partial charge in [-0.05, 0) is 50.1 Å². The van der Waals surface area contributed by atoms with Gasteiger partial charge < -0.3 is 20.2 Å². The first kappa shape index (κ1) is 22.3. The summed E-state index contributed by atoms with van der Waals surface area (Å²) in [6, 6.07) is 14.4. The van der Waals surface area contributed by atoms with Gasteiger partial charge in [-0.3, -0.25) is 4.79 Å². The zero-order valence-electron chi connectivity index (χ0n) is 19.0. The molecule has 3 heterocycles. The molecule has 168 valence electrons. The molecule has 2 aromatic heterocycles. The van der Waals surface area contributed by atoms with Crippen LogP contribution >= 0.6 is 0 Å². The van der Waals surface area contributed by atoms with Crippen molar-refractivity contribution in [2.24, 2.45) is 5.92 Å². The predicted octanol–water partition coefficient (Wildman–Crippen LogP) is 5.54. The number of piperidine rings is 1. The molecule has 0 aliphatic carbocycles. The summed E-state index contributed by atoms with van der Waals surface area (Å²) in [7, 11) is 0. The second-order valence-corrected chi connectivity index (χ2v) is 8.35. The number of para-hydroxylation sites is 1. The first-order valence-corrected chi connectivity index (χ1v) is 11.4. The number of aromatic nitrogens is 2. The maximum atomic E-state index is 13.1. The number of hydrogen-bond acceptors (Lipinski definition) is 2. The van der Waals surface area contributed by atoms with E-state index in [1.54, 1.807) is 0 Å². The standard InChI is InChI=1S/C26H28N4O.C2H2/c1-2-11-27-15-18-9-12-30(13-10-18)26(31)19-7-8-21-23(17-29-25(21)14-19)22-16-28-24-6-4-3-5-20(22)24;1-2/h2-8,11,14,16-18,27-29H,9-10,12-13,15H2,1H3;1-2H/b11-2-;. The van der Waals surface area contributed by atoms with E-state index in [1.165, 1.54) is 10.9 Å². The van der Waals surface area contributed by atoms with Crippen molar-refractivity contribution in [2.75, 3.05) is 19.6 Å². The van der Waals surface area contributed by atoms with Crippen molar-refractivity contribution in [3.05, 3.63) is 72.7 Å². The number of H-pyrrole nitrogens is 2. The number of terminal acetylenes is 1. The fraction of sp³-hybridized carbons (Fsp3) is 0.250. The fourth-order valence-electron chi connectivity index (χ4n) is 4.65. The van der Waals surface area contributed by atoms with E-state index in [9.17, 15) is 4.79 Å². The van der Waals surface area contributed by atoms with Gasteiger partial charge in [0.15, 0.2) is 0 Å². The fourth-order valence-corrected chi connectivity index (χ4v) is 4.65. The van der Waals surface area contributed by atoms with Gasteiger partial charge in [0.1, 0.15) is 0 Å². The molecule has 0 spiro atoms. The van der Waals surface area contributed by atoms with Crippen LogP contribution < -0.4 is 5.32 Å². The number of fused-ring (bicyclic) bond motifs is 2. The van der Waals surface area contributed by atoms with Crippen LogP contribution in [-0.4, -0.2) is 40.4 Å². The van der Waals surface area contributed by atoms with Crippen LogP contribution in [0, 0.1) is 18.8 Å². The normalized spacial score (nSPS) is 14.5. The topological polar surface area (TPSA) is 63.9 Å². The molecular formula is C28H30N4O. The number of hydrogen-bond donors (Lipinski definition) is 3. The maximum absolute atomic E-state index is 13.1. The van der Waals surface area contributed by atoms with Crippen LogP contribution in [0.15, 0.2) is 67.1 Å². The molecule has 5 heteroatoms. The highest BCUT2D eigenvalue weighted by molar-refractivity contribution is 6.06. The number of benzene rings is 2. The summed E-state index contributed by atoms with van der Waals surface area (Å²) in [4.78, 5) is 21.8. The SMILES string of the molecule is C#C.C/C=C\NCC1CCN(C(=O)c2ccc3c(-c4c[nH]c5ccccc45)c[nH]c3c2)CC1. The molecule has 0 unspecified atom stereocenters. The Morgan fingerprint density at radius 3 is 2.42 bits per heavy atom. The van der Waals surface area contributed by atoms with Crippen molar-refractivity contribution >= 4 is 27.7 Å². The van der Waals surface area contributed by atoms with Crippen molar-refractivity contribution in [1.82, 2.24) is 20.2 Å². The minimum atomic E-state index is 0.130. The highest BCUT2D eigenvalue weighted by Gasteiger charge is 2.24. The van der Waals surface area contributed by atoms with E-state index >= 15 is 0 Å². The molecule has 2 aromatic carbocycles. The Balaban J connectivity index is 0.00000126. The average molecular weight is 439 g/mol. The smallest absolute Gasteiger partial charge is 0.253 e. The minimum Gasteiger partial charge on any atom is -0.391 e. The third-order valence-corrected chi connectivity index (χ3v) is 6.40. The zero-order valence-corrected chi connectivity index (χ0v) is 19.0. The van der Waals surface area contributed by atoms with Gasteiger partial charge in [-0.15, -0.1) is 12.8 Å². The number of allylic oxidation sites excluding steroid dienone is 1. The van der Waals surface area contributed by atoms with Crippen LogP contribution in [0.25, 0.3) is 32.9 Å². The van der Waals surface area contributed by atoms with Crippen molar-refractivity contribution in [3.63, 3.8) is 0 Å². The van der Waals surface area contributed by atoms with Gasteiger partial charge in [0.2, 0.25) is 0 Å². The van der Waals surface area contributed by atoms with Crippen molar-refractivity contribution < 1.29 is 4.79 Å². The molecular weight excluding hydrogens is 408 g/mol. The Morgan fingerprint density at radius 2 is 1.70 bits per heavy atom. The van der Waals surface area contributed by atoms with Crippen LogP contribution in [-0.2, 0) is 0 Å². The molecule has 5 rings (SSSR count). The summed E-state index contributed by atoms with van der Waals surface area (Å²) < 4.78 is 0. The predicted molar refractivity (Wildman–Crippen MR) is 137 cm³/mol. The lowest BCUT2D eigenvalue weighted by atomic mass is 9.96. The number of amides is 1. The maximum Gasteiger partial charge on any atom is 0.253 e. The highest BCUT2D eigenvalue weighted by atomic mass is 16.2. The van der Waals surface area contributed by atoms with Gasteiger partial charge in [0, 0.05) is 70.5 Å². The molecule has 1 fully saturated rings. The number of carbonyl (C=O) groups is 1. The van der Waals surface area contributed by atoms with Crippen LogP contribution in [0.4, 0.5) is 0 Å². The second kappa shape index (κ2) is 10.1. The molecule has 4 aromatic rings. The monoisotopic (exact) mass is 438 g/mol. The molecule has 33 heavy (non-hydrogen) atoms. The van der Waals surface area contributed by atoms with Crippen molar-refractivity contribution in [1.29, 1.82) is 0 Å². The molecule has 5 nitrogen and oxygen atoms in total. The molecule has 1 aliphatic heterocycles. The molecule has 1 amide bonds. The summed E-state index contributed by atoms with van der Waals surface area (Å²) >= 11 is 0. The number of aromatic amines is 2. The Hall–Kier alpha value is -3.91. The van der Waals surface area contributed by atoms with E-state index in [-0.39, 0.29) is 5.91 Å². The quantitative estimate of drug-likeness (QED) is 0.358.